The molecule has 0 aliphatic rings. The van der Waals surface area contributed by atoms with Gasteiger partial charge in [-0.1, -0.05) is 18.2 Å². The molecular weight excluding hydrogens is 239 g/mol. The van der Waals surface area contributed by atoms with Crippen LogP contribution in [0.3, 0.4) is 0 Å². The normalized spacial score (nSPS) is 13.7. The molecule has 2 unspecified atom stereocenters. The molecule has 0 aliphatic carbocycles. The van der Waals surface area contributed by atoms with Crippen LogP contribution >= 0.6 is 0 Å². The van der Waals surface area contributed by atoms with Gasteiger partial charge in [0.15, 0.2) is 0 Å². The number of hydrogen-bond acceptors (Lipinski definition) is 3. The maximum atomic E-state index is 13.4. The van der Waals surface area contributed by atoms with E-state index in [4.69, 9.17) is 10.8 Å². The van der Waals surface area contributed by atoms with Gasteiger partial charge < -0.3 is 16.2 Å². The van der Waals surface area contributed by atoms with E-state index in [1.165, 1.54) is 6.07 Å². The third-order valence-electron chi connectivity index (χ3n) is 2.46. The molecule has 1 amide bonds. The Kier molecular flexibility index (Phi) is 4.79. The van der Waals surface area contributed by atoms with Crippen molar-refractivity contribution in [2.24, 2.45) is 5.73 Å². The fraction of sp³-hybridized carbons (Fsp3) is 0.333. The van der Waals surface area contributed by atoms with Crippen LogP contribution in [-0.4, -0.2) is 23.0 Å². The Hall–Kier alpha value is -1.95. The average Bonchev–Trinajstić information content (AvgIpc) is 2.28. The monoisotopic (exact) mass is 254 g/mol. The summed E-state index contributed by atoms with van der Waals surface area (Å²) in [6.45, 7) is 1.60. The maximum Gasteiger partial charge on any atom is 0.305 e. The van der Waals surface area contributed by atoms with E-state index in [-0.39, 0.29) is 0 Å². The van der Waals surface area contributed by atoms with E-state index in [1.54, 1.807) is 25.1 Å². The molecule has 0 saturated carbocycles. The summed E-state index contributed by atoms with van der Waals surface area (Å²) in [5.74, 6) is -2.21. The van der Waals surface area contributed by atoms with Gasteiger partial charge in [-0.3, -0.25) is 9.59 Å². The number of hydrogen-bond donors (Lipinski definition) is 3. The van der Waals surface area contributed by atoms with Crippen molar-refractivity contribution < 1.29 is 19.1 Å². The zero-order valence-electron chi connectivity index (χ0n) is 9.89. The fourth-order valence-corrected chi connectivity index (χ4v) is 1.51. The largest absolute Gasteiger partial charge is 0.481 e. The highest BCUT2D eigenvalue weighted by molar-refractivity contribution is 5.86. The van der Waals surface area contributed by atoms with Gasteiger partial charge in [-0.25, -0.2) is 4.39 Å². The van der Waals surface area contributed by atoms with Crippen LogP contribution in [0.1, 0.15) is 24.9 Å². The minimum atomic E-state index is -1.16. The number of rotatable bonds is 5. The lowest BCUT2D eigenvalue weighted by Gasteiger charge is -2.17. The van der Waals surface area contributed by atoms with Crippen LogP contribution in [0.4, 0.5) is 4.39 Å². The Morgan fingerprint density at radius 1 is 1.44 bits per heavy atom. The molecule has 0 saturated heterocycles. The number of amides is 1. The van der Waals surface area contributed by atoms with Crippen molar-refractivity contribution in [3.05, 3.63) is 35.6 Å². The molecule has 0 fully saturated rings. The van der Waals surface area contributed by atoms with Gasteiger partial charge in [0.2, 0.25) is 5.91 Å². The molecule has 0 radical (unpaired) electrons. The van der Waals surface area contributed by atoms with E-state index >= 15 is 0 Å². The number of nitrogens with two attached hydrogens (primary N) is 1. The summed E-state index contributed by atoms with van der Waals surface area (Å²) >= 11 is 0. The predicted octanol–water partition coefficient (Wildman–Crippen LogP) is 0.805. The van der Waals surface area contributed by atoms with Gasteiger partial charge in [0.05, 0.1) is 18.5 Å². The molecule has 0 heterocycles. The Labute approximate surface area is 104 Å². The molecule has 1 aromatic carbocycles. The molecule has 0 aliphatic heterocycles. The molecule has 5 nitrogen and oxygen atoms in total. The van der Waals surface area contributed by atoms with Crippen molar-refractivity contribution in [1.82, 2.24) is 5.32 Å². The van der Waals surface area contributed by atoms with E-state index in [2.05, 4.69) is 5.32 Å². The number of aliphatic carboxylic acids is 1. The zero-order valence-corrected chi connectivity index (χ0v) is 9.89. The summed E-state index contributed by atoms with van der Waals surface area (Å²) < 4.78 is 13.4. The SMILES string of the molecule is CC(NC(=O)C(N)CC(=O)O)c1ccccc1F. The third-order valence-corrected chi connectivity index (χ3v) is 2.46. The van der Waals surface area contributed by atoms with Crippen LogP contribution in [0.5, 0.6) is 0 Å². The fourth-order valence-electron chi connectivity index (χ4n) is 1.51. The Bertz CT molecular complexity index is 451. The molecule has 2 atom stereocenters. The Morgan fingerprint density at radius 2 is 2.06 bits per heavy atom. The topological polar surface area (TPSA) is 92.4 Å². The molecule has 0 bridgehead atoms. The quantitative estimate of drug-likeness (QED) is 0.724. The van der Waals surface area contributed by atoms with Gasteiger partial charge in [-0.15, -0.1) is 0 Å². The second-order valence-corrected chi connectivity index (χ2v) is 3.96. The maximum absolute atomic E-state index is 13.4. The number of carbonyl (C=O) groups is 2. The van der Waals surface area contributed by atoms with Crippen molar-refractivity contribution in [3.63, 3.8) is 0 Å². The zero-order chi connectivity index (χ0) is 13.7. The standard InChI is InChI=1S/C12H15FN2O3/c1-7(8-4-2-3-5-9(8)13)15-12(18)10(14)6-11(16)17/h2-5,7,10H,6,14H2,1H3,(H,15,18)(H,16,17). The molecule has 4 N–H and O–H groups in total. The van der Waals surface area contributed by atoms with Gasteiger partial charge >= 0.3 is 5.97 Å². The van der Waals surface area contributed by atoms with E-state index in [1.807, 2.05) is 0 Å². The van der Waals surface area contributed by atoms with Crippen LogP contribution in [0.15, 0.2) is 24.3 Å². The summed E-state index contributed by atoms with van der Waals surface area (Å²) in [6, 6.07) is 4.32. The van der Waals surface area contributed by atoms with E-state index in [0.29, 0.717) is 5.56 Å². The smallest absolute Gasteiger partial charge is 0.305 e. The van der Waals surface area contributed by atoms with Crippen LogP contribution in [-0.2, 0) is 9.59 Å². The van der Waals surface area contributed by atoms with Crippen molar-refractivity contribution in [1.29, 1.82) is 0 Å². The first-order valence-corrected chi connectivity index (χ1v) is 5.44. The summed E-state index contributed by atoms with van der Waals surface area (Å²) in [5.41, 5.74) is 5.72. The predicted molar refractivity (Wildman–Crippen MR) is 63.2 cm³/mol. The number of carboxylic acid groups (broad SMARTS) is 1. The van der Waals surface area contributed by atoms with Crippen LogP contribution in [0.2, 0.25) is 0 Å². The minimum absolute atomic E-state index is 0.327. The molecular formula is C12H15FN2O3. The highest BCUT2D eigenvalue weighted by Gasteiger charge is 2.20. The molecule has 6 heteroatoms. The molecule has 0 spiro atoms. The molecule has 0 aromatic heterocycles. The first-order chi connectivity index (χ1) is 8.41. The molecule has 18 heavy (non-hydrogen) atoms. The van der Waals surface area contributed by atoms with Gasteiger partial charge in [0.1, 0.15) is 5.82 Å². The van der Waals surface area contributed by atoms with Gasteiger partial charge in [0.25, 0.3) is 0 Å². The van der Waals surface area contributed by atoms with Crippen LogP contribution < -0.4 is 11.1 Å². The van der Waals surface area contributed by atoms with Crippen molar-refractivity contribution in [3.8, 4) is 0 Å². The molecule has 98 valence electrons. The van der Waals surface area contributed by atoms with Crippen LogP contribution in [0.25, 0.3) is 0 Å². The Balaban J connectivity index is 2.65. The lowest BCUT2D eigenvalue weighted by atomic mass is 10.1. The minimum Gasteiger partial charge on any atom is -0.481 e. The van der Waals surface area contributed by atoms with Crippen molar-refractivity contribution in [2.45, 2.75) is 25.4 Å². The summed E-state index contributed by atoms with van der Waals surface area (Å²) in [4.78, 5) is 22.0. The van der Waals surface area contributed by atoms with Gasteiger partial charge in [-0.2, -0.15) is 0 Å². The Morgan fingerprint density at radius 3 is 2.61 bits per heavy atom. The average molecular weight is 254 g/mol. The lowest BCUT2D eigenvalue weighted by Crippen LogP contribution is -2.43. The first-order valence-electron chi connectivity index (χ1n) is 5.44. The van der Waals surface area contributed by atoms with Crippen molar-refractivity contribution in [2.75, 3.05) is 0 Å². The third kappa shape index (κ3) is 3.81. The number of benzene rings is 1. The highest BCUT2D eigenvalue weighted by atomic mass is 19.1. The molecule has 1 aromatic rings. The lowest BCUT2D eigenvalue weighted by molar-refractivity contribution is -0.139. The highest BCUT2D eigenvalue weighted by Crippen LogP contribution is 2.15. The first kappa shape index (κ1) is 14.1. The second-order valence-electron chi connectivity index (χ2n) is 3.96. The van der Waals surface area contributed by atoms with Crippen molar-refractivity contribution >= 4 is 11.9 Å². The van der Waals surface area contributed by atoms with Gasteiger partial charge in [-0.05, 0) is 13.0 Å². The van der Waals surface area contributed by atoms with Gasteiger partial charge in [0, 0.05) is 5.56 Å². The van der Waals surface area contributed by atoms with Crippen LogP contribution in [0, 0.1) is 5.82 Å². The van der Waals surface area contributed by atoms with E-state index < -0.39 is 36.2 Å². The summed E-state index contributed by atoms with van der Waals surface area (Å²) in [7, 11) is 0. The second kappa shape index (κ2) is 6.11. The summed E-state index contributed by atoms with van der Waals surface area (Å²) in [5, 5.41) is 11.0. The van der Waals surface area contributed by atoms with E-state index in [0.717, 1.165) is 0 Å². The number of carboxylic acids is 1. The number of carbonyl (C=O) groups excluding carboxylic acids is 1. The number of halogens is 1. The summed E-state index contributed by atoms with van der Waals surface area (Å²) in [6.07, 6.45) is -0.462. The van der Waals surface area contributed by atoms with E-state index in [9.17, 15) is 14.0 Å². The molecule has 1 rings (SSSR count). The number of nitrogens with one attached hydrogen (secondary N) is 1.